The van der Waals surface area contributed by atoms with Gasteiger partial charge in [0.15, 0.2) is 0 Å². The minimum atomic E-state index is -0.175. The van der Waals surface area contributed by atoms with E-state index in [1.807, 2.05) is 7.11 Å². The number of ether oxygens (including phenoxy) is 1. The number of fused-ring (bicyclic) bond motifs is 7. The first-order valence-electron chi connectivity index (χ1n) is 14.2. The molecule has 0 spiro atoms. The zero-order valence-electron chi connectivity index (χ0n) is 23.1. The Hall–Kier alpha value is -0.340. The summed E-state index contributed by atoms with van der Waals surface area (Å²) in [5.74, 6) is 3.35. The highest BCUT2D eigenvalue weighted by Crippen LogP contribution is 2.75. The summed E-state index contributed by atoms with van der Waals surface area (Å²) in [6.45, 7) is 20.3. The van der Waals surface area contributed by atoms with Gasteiger partial charge in [0.1, 0.15) is 0 Å². The monoisotopic (exact) mass is 456 g/mol. The molecule has 0 amide bonds. The molecule has 0 bridgehead atoms. The lowest BCUT2D eigenvalue weighted by Gasteiger charge is -2.72. The molecular formula is C31H52O2. The third-order valence-electron chi connectivity index (χ3n) is 13.6. The molecule has 0 aromatic heterocycles. The van der Waals surface area contributed by atoms with Crippen molar-refractivity contribution in [1.82, 2.24) is 0 Å². The van der Waals surface area contributed by atoms with Gasteiger partial charge in [-0.2, -0.15) is 0 Å². The van der Waals surface area contributed by atoms with E-state index in [1.165, 1.54) is 38.5 Å². The molecule has 0 aromatic rings. The average molecular weight is 457 g/mol. The number of aliphatic hydroxyl groups excluding tert-OH is 1. The van der Waals surface area contributed by atoms with Crippen LogP contribution in [0.25, 0.3) is 0 Å². The SMILES string of the molecule is CO[C@@H]1C=C2[C@@H]3[C@@H](C)[C@H](C)CC[C@]3(C)CC[C@@]2(C)[C@]2(C)CC[C@H]3C(C)(C)[C@@H](O)CC[C@]3(C)[C@@H]12. The molecule has 4 saturated carbocycles. The predicted octanol–water partition coefficient (Wildman–Crippen LogP) is 7.65. The van der Waals surface area contributed by atoms with Crippen LogP contribution in [0.4, 0.5) is 0 Å². The van der Waals surface area contributed by atoms with Crippen molar-refractivity contribution in [2.45, 2.75) is 119 Å². The van der Waals surface area contributed by atoms with Gasteiger partial charge < -0.3 is 9.84 Å². The Labute approximate surface area is 204 Å². The number of hydrogen-bond donors (Lipinski definition) is 1. The Morgan fingerprint density at radius 3 is 2.24 bits per heavy atom. The molecule has 0 aromatic carbocycles. The summed E-state index contributed by atoms with van der Waals surface area (Å²) in [7, 11) is 1.97. The quantitative estimate of drug-likeness (QED) is 0.411. The van der Waals surface area contributed by atoms with E-state index in [9.17, 15) is 5.11 Å². The first-order valence-corrected chi connectivity index (χ1v) is 14.2. The normalized spacial score (nSPS) is 57.8. The molecule has 2 nitrogen and oxygen atoms in total. The minimum absolute atomic E-state index is 0.0179. The third kappa shape index (κ3) is 2.92. The second-order valence-corrected chi connectivity index (χ2v) is 15.0. The molecule has 33 heavy (non-hydrogen) atoms. The number of methoxy groups -OCH3 is 1. The Morgan fingerprint density at radius 2 is 1.58 bits per heavy atom. The fourth-order valence-electron chi connectivity index (χ4n) is 11.1. The second-order valence-electron chi connectivity index (χ2n) is 15.0. The van der Waals surface area contributed by atoms with E-state index in [-0.39, 0.29) is 33.9 Å². The molecular weight excluding hydrogens is 404 g/mol. The van der Waals surface area contributed by atoms with Gasteiger partial charge in [-0.1, -0.05) is 67.0 Å². The van der Waals surface area contributed by atoms with Gasteiger partial charge >= 0.3 is 0 Å². The number of aliphatic hydroxyl groups is 1. The van der Waals surface area contributed by atoms with E-state index in [1.54, 1.807) is 5.57 Å². The van der Waals surface area contributed by atoms with Crippen LogP contribution in [-0.2, 0) is 4.74 Å². The van der Waals surface area contributed by atoms with Crippen molar-refractivity contribution < 1.29 is 9.84 Å². The van der Waals surface area contributed by atoms with Crippen LogP contribution >= 0.6 is 0 Å². The van der Waals surface area contributed by atoms with Crippen molar-refractivity contribution in [3.63, 3.8) is 0 Å². The van der Waals surface area contributed by atoms with Gasteiger partial charge in [0, 0.05) is 13.0 Å². The summed E-state index contributed by atoms with van der Waals surface area (Å²) < 4.78 is 6.46. The van der Waals surface area contributed by atoms with Crippen molar-refractivity contribution in [3.05, 3.63) is 11.6 Å². The van der Waals surface area contributed by atoms with Crippen molar-refractivity contribution >= 4 is 0 Å². The van der Waals surface area contributed by atoms with Crippen LogP contribution in [0.15, 0.2) is 11.6 Å². The maximum atomic E-state index is 11.0. The molecule has 4 fully saturated rings. The first kappa shape index (κ1) is 24.4. The zero-order chi connectivity index (χ0) is 24.2. The van der Waals surface area contributed by atoms with Crippen LogP contribution in [0.1, 0.15) is 107 Å². The van der Waals surface area contributed by atoms with E-state index in [0.29, 0.717) is 23.2 Å². The van der Waals surface area contributed by atoms with Gasteiger partial charge in [0.25, 0.3) is 0 Å². The highest BCUT2D eigenvalue weighted by atomic mass is 16.5. The fraction of sp³-hybridized carbons (Fsp3) is 0.935. The fourth-order valence-corrected chi connectivity index (χ4v) is 11.1. The van der Waals surface area contributed by atoms with Gasteiger partial charge in [0.2, 0.25) is 0 Å². The lowest BCUT2D eigenvalue weighted by atomic mass is 9.33. The van der Waals surface area contributed by atoms with E-state index in [4.69, 9.17) is 4.74 Å². The molecule has 5 aliphatic rings. The molecule has 2 heteroatoms. The maximum absolute atomic E-state index is 11.0. The lowest BCUT2D eigenvalue weighted by molar-refractivity contribution is -0.228. The van der Waals surface area contributed by atoms with Gasteiger partial charge in [-0.15, -0.1) is 0 Å². The van der Waals surface area contributed by atoms with E-state index < -0.39 is 0 Å². The summed E-state index contributed by atoms with van der Waals surface area (Å²) >= 11 is 0. The van der Waals surface area contributed by atoms with Crippen molar-refractivity contribution in [3.8, 4) is 0 Å². The van der Waals surface area contributed by atoms with Crippen LogP contribution in [0.5, 0.6) is 0 Å². The second kappa shape index (κ2) is 7.34. The Morgan fingerprint density at radius 1 is 0.879 bits per heavy atom. The molecule has 5 rings (SSSR count). The molecule has 188 valence electrons. The maximum Gasteiger partial charge on any atom is 0.0793 e. The highest BCUT2D eigenvalue weighted by Gasteiger charge is 2.70. The Bertz CT molecular complexity index is 829. The van der Waals surface area contributed by atoms with Crippen molar-refractivity contribution in [2.75, 3.05) is 7.11 Å². The van der Waals surface area contributed by atoms with E-state index in [0.717, 1.165) is 24.7 Å². The topological polar surface area (TPSA) is 29.5 Å². The lowest BCUT2D eigenvalue weighted by Crippen LogP contribution is -2.67. The summed E-state index contributed by atoms with van der Waals surface area (Å²) in [5, 5.41) is 11.0. The van der Waals surface area contributed by atoms with Gasteiger partial charge in [-0.3, -0.25) is 0 Å². The minimum Gasteiger partial charge on any atom is -0.393 e. The molecule has 0 unspecified atom stereocenters. The standard InChI is InChI=1S/C31H52O2/c1-19-10-13-28(5)16-17-30(7)21(25(28)20(19)2)18-22(33-9)26-29(6)14-12-24(32)27(3,4)23(29)11-15-31(26,30)8/h18-20,22-26,32H,10-17H2,1-9H3/t19-,20+,22-,23+,24+,25+,26-,28-,29+,30-,31-/m1/s1. The van der Waals surface area contributed by atoms with E-state index >= 15 is 0 Å². The van der Waals surface area contributed by atoms with Crippen LogP contribution in [0.2, 0.25) is 0 Å². The summed E-state index contributed by atoms with van der Waals surface area (Å²) in [6.07, 6.45) is 12.8. The Balaban J connectivity index is 1.66. The molecule has 0 radical (unpaired) electrons. The summed E-state index contributed by atoms with van der Waals surface area (Å²) in [6, 6.07) is 0. The smallest absolute Gasteiger partial charge is 0.0793 e. The summed E-state index contributed by atoms with van der Waals surface area (Å²) in [4.78, 5) is 0. The van der Waals surface area contributed by atoms with Crippen LogP contribution in [0, 0.1) is 56.7 Å². The summed E-state index contributed by atoms with van der Waals surface area (Å²) in [5.41, 5.74) is 2.94. The van der Waals surface area contributed by atoms with E-state index in [2.05, 4.69) is 61.5 Å². The van der Waals surface area contributed by atoms with Crippen LogP contribution in [-0.4, -0.2) is 24.4 Å². The first-order chi connectivity index (χ1) is 15.3. The van der Waals surface area contributed by atoms with Crippen LogP contribution < -0.4 is 0 Å². The number of rotatable bonds is 1. The Kier molecular flexibility index (Phi) is 5.42. The molecule has 11 atom stereocenters. The molecule has 1 N–H and O–H groups in total. The predicted molar refractivity (Wildman–Crippen MR) is 137 cm³/mol. The van der Waals surface area contributed by atoms with Gasteiger partial charge in [-0.25, -0.2) is 0 Å². The average Bonchev–Trinajstić information content (AvgIpc) is 2.74. The van der Waals surface area contributed by atoms with Crippen molar-refractivity contribution in [1.29, 1.82) is 0 Å². The molecule has 5 aliphatic carbocycles. The van der Waals surface area contributed by atoms with Crippen molar-refractivity contribution in [2.24, 2.45) is 56.7 Å². The molecule has 0 heterocycles. The largest absolute Gasteiger partial charge is 0.393 e. The molecule has 0 aliphatic heterocycles. The van der Waals surface area contributed by atoms with Crippen LogP contribution in [0.3, 0.4) is 0 Å². The number of hydrogen-bond acceptors (Lipinski definition) is 2. The third-order valence-corrected chi connectivity index (χ3v) is 13.6. The van der Waals surface area contributed by atoms with Gasteiger partial charge in [0.05, 0.1) is 12.2 Å². The van der Waals surface area contributed by atoms with Gasteiger partial charge in [-0.05, 0) is 102 Å². The number of allylic oxidation sites excluding steroid dienone is 1. The zero-order valence-corrected chi connectivity index (χ0v) is 23.1. The highest BCUT2D eigenvalue weighted by molar-refractivity contribution is 5.36. The molecule has 0 saturated heterocycles.